The molecule has 2 aromatic carbocycles. The van der Waals surface area contributed by atoms with Gasteiger partial charge in [0.25, 0.3) is 0 Å². The second-order valence-corrected chi connectivity index (χ2v) is 5.76. The number of rotatable bonds is 6. The van der Waals surface area contributed by atoms with E-state index in [0.29, 0.717) is 4.83 Å². The lowest BCUT2D eigenvalue weighted by Gasteiger charge is -2.10. The Morgan fingerprint density at radius 3 is 2.67 bits per heavy atom. The van der Waals surface area contributed by atoms with E-state index in [4.69, 9.17) is 4.74 Å². The first-order valence-corrected chi connectivity index (χ1v) is 7.40. The van der Waals surface area contributed by atoms with Crippen molar-refractivity contribution in [2.75, 3.05) is 13.2 Å². The van der Waals surface area contributed by atoms with Crippen LogP contribution in [0.1, 0.15) is 18.9 Å². The van der Waals surface area contributed by atoms with Crippen LogP contribution < -0.4 is 0 Å². The summed E-state index contributed by atoms with van der Waals surface area (Å²) in [5, 5.41) is 2.63. The molecule has 0 saturated heterocycles. The summed E-state index contributed by atoms with van der Waals surface area (Å²) >= 11 is 3.73. The molecule has 0 aliphatic rings. The van der Waals surface area contributed by atoms with E-state index in [1.807, 2.05) is 6.92 Å². The minimum absolute atomic E-state index is 0.491. The predicted molar refractivity (Wildman–Crippen MR) is 81.5 cm³/mol. The fraction of sp³-hybridized carbons (Fsp3) is 0.375. The summed E-state index contributed by atoms with van der Waals surface area (Å²) in [7, 11) is 0. The molecule has 0 aliphatic carbocycles. The molecular weight excluding hydrogens is 288 g/mol. The van der Waals surface area contributed by atoms with Crippen LogP contribution in [0.5, 0.6) is 0 Å². The summed E-state index contributed by atoms with van der Waals surface area (Å²) in [6, 6.07) is 15.2. The minimum Gasteiger partial charge on any atom is -0.382 e. The van der Waals surface area contributed by atoms with E-state index < -0.39 is 0 Å². The van der Waals surface area contributed by atoms with Crippen LogP contribution in [0.4, 0.5) is 0 Å². The first kappa shape index (κ1) is 13.6. The fourth-order valence-electron chi connectivity index (χ4n) is 2.08. The second kappa shape index (κ2) is 6.91. The summed E-state index contributed by atoms with van der Waals surface area (Å²) in [5.41, 5.74) is 1.38. The van der Waals surface area contributed by atoms with Crippen molar-refractivity contribution in [2.24, 2.45) is 0 Å². The minimum atomic E-state index is 0.491. The Labute approximate surface area is 117 Å². The molecule has 0 fully saturated rings. The van der Waals surface area contributed by atoms with E-state index in [2.05, 4.69) is 58.4 Å². The van der Waals surface area contributed by atoms with E-state index in [-0.39, 0.29) is 0 Å². The molecule has 0 N–H and O–H groups in total. The van der Waals surface area contributed by atoms with Crippen LogP contribution in [0.25, 0.3) is 10.8 Å². The number of fused-ring (bicyclic) bond motifs is 1. The Morgan fingerprint density at radius 2 is 1.89 bits per heavy atom. The van der Waals surface area contributed by atoms with Crippen LogP contribution in [0, 0.1) is 0 Å². The second-order valence-electron chi connectivity index (χ2n) is 4.47. The van der Waals surface area contributed by atoms with Gasteiger partial charge >= 0.3 is 0 Å². The quantitative estimate of drug-likeness (QED) is 0.561. The molecule has 0 aromatic heterocycles. The average Bonchev–Trinajstić information content (AvgIpc) is 2.39. The highest BCUT2D eigenvalue weighted by Crippen LogP contribution is 2.19. The monoisotopic (exact) mass is 306 g/mol. The Bertz CT molecular complexity index is 495. The Balaban J connectivity index is 1.98. The van der Waals surface area contributed by atoms with E-state index in [1.165, 1.54) is 16.3 Å². The third-order valence-corrected chi connectivity index (χ3v) is 3.83. The molecule has 2 aromatic rings. The molecule has 0 bridgehead atoms. The number of benzene rings is 2. The molecule has 1 nitrogen and oxygen atoms in total. The topological polar surface area (TPSA) is 9.23 Å². The van der Waals surface area contributed by atoms with Crippen LogP contribution in [-0.4, -0.2) is 18.0 Å². The zero-order valence-corrected chi connectivity index (χ0v) is 12.3. The average molecular weight is 307 g/mol. The van der Waals surface area contributed by atoms with Gasteiger partial charge in [-0.1, -0.05) is 58.4 Å². The zero-order valence-electron chi connectivity index (χ0n) is 10.7. The Kier molecular flexibility index (Phi) is 5.21. The van der Waals surface area contributed by atoms with Gasteiger partial charge in [0.15, 0.2) is 0 Å². The van der Waals surface area contributed by atoms with Gasteiger partial charge in [-0.25, -0.2) is 0 Å². The number of alkyl halides is 1. The molecule has 0 aliphatic heterocycles. The van der Waals surface area contributed by atoms with E-state index in [9.17, 15) is 0 Å². The lowest BCUT2D eigenvalue weighted by Crippen LogP contribution is -2.07. The number of hydrogen-bond donors (Lipinski definition) is 0. The molecule has 2 heteroatoms. The van der Waals surface area contributed by atoms with Crippen molar-refractivity contribution in [2.45, 2.75) is 24.6 Å². The lowest BCUT2D eigenvalue weighted by atomic mass is 10.0. The molecule has 0 amide bonds. The van der Waals surface area contributed by atoms with E-state index in [0.717, 1.165) is 26.1 Å². The first-order chi connectivity index (χ1) is 8.79. The summed E-state index contributed by atoms with van der Waals surface area (Å²) in [6.07, 6.45) is 2.11. The van der Waals surface area contributed by atoms with Crippen LogP contribution in [0.15, 0.2) is 42.5 Å². The maximum atomic E-state index is 5.38. The maximum absolute atomic E-state index is 5.38. The summed E-state index contributed by atoms with van der Waals surface area (Å²) in [4.78, 5) is 0.491. The van der Waals surface area contributed by atoms with Crippen molar-refractivity contribution in [3.63, 3.8) is 0 Å². The molecule has 1 atom stereocenters. The van der Waals surface area contributed by atoms with Crippen molar-refractivity contribution in [1.82, 2.24) is 0 Å². The molecule has 1 unspecified atom stereocenters. The van der Waals surface area contributed by atoms with Gasteiger partial charge in [0.05, 0.1) is 0 Å². The van der Waals surface area contributed by atoms with Crippen molar-refractivity contribution < 1.29 is 4.74 Å². The Morgan fingerprint density at radius 1 is 1.11 bits per heavy atom. The van der Waals surface area contributed by atoms with Gasteiger partial charge in [-0.05, 0) is 36.1 Å². The van der Waals surface area contributed by atoms with Gasteiger partial charge in [0, 0.05) is 18.0 Å². The molecule has 0 saturated carbocycles. The maximum Gasteiger partial charge on any atom is 0.0476 e. The van der Waals surface area contributed by atoms with Gasteiger partial charge in [-0.3, -0.25) is 0 Å². The van der Waals surface area contributed by atoms with Crippen LogP contribution in [0.2, 0.25) is 0 Å². The third-order valence-electron chi connectivity index (χ3n) is 3.05. The SMILES string of the molecule is CCOCCC(Br)Cc1ccc2ccccc2c1. The van der Waals surface area contributed by atoms with Crippen LogP contribution in [-0.2, 0) is 11.2 Å². The molecule has 96 valence electrons. The lowest BCUT2D eigenvalue weighted by molar-refractivity contribution is 0.145. The molecule has 0 heterocycles. The summed E-state index contributed by atoms with van der Waals surface area (Å²) in [5.74, 6) is 0. The highest BCUT2D eigenvalue weighted by Gasteiger charge is 2.06. The van der Waals surface area contributed by atoms with E-state index >= 15 is 0 Å². The molecule has 2 rings (SSSR count). The standard InChI is InChI=1S/C16H19BrO/c1-2-18-10-9-16(17)12-13-7-8-14-5-3-4-6-15(14)11-13/h3-8,11,16H,2,9-10,12H2,1H3. The largest absolute Gasteiger partial charge is 0.382 e. The van der Waals surface area contributed by atoms with Gasteiger partial charge in [0.1, 0.15) is 0 Å². The number of ether oxygens (including phenoxy) is 1. The van der Waals surface area contributed by atoms with Gasteiger partial charge < -0.3 is 4.74 Å². The van der Waals surface area contributed by atoms with Gasteiger partial charge in [-0.2, -0.15) is 0 Å². The zero-order chi connectivity index (χ0) is 12.8. The number of hydrogen-bond acceptors (Lipinski definition) is 1. The molecule has 0 radical (unpaired) electrons. The number of halogens is 1. The molecular formula is C16H19BrO. The normalized spacial score (nSPS) is 12.8. The van der Waals surface area contributed by atoms with E-state index in [1.54, 1.807) is 0 Å². The fourth-order valence-corrected chi connectivity index (χ4v) is 2.64. The first-order valence-electron chi connectivity index (χ1n) is 6.49. The van der Waals surface area contributed by atoms with Crippen molar-refractivity contribution >= 4 is 26.7 Å². The third kappa shape index (κ3) is 3.82. The highest BCUT2D eigenvalue weighted by molar-refractivity contribution is 9.09. The molecule has 18 heavy (non-hydrogen) atoms. The highest BCUT2D eigenvalue weighted by atomic mass is 79.9. The Hall–Kier alpha value is -0.860. The summed E-state index contributed by atoms with van der Waals surface area (Å²) < 4.78 is 5.38. The predicted octanol–water partition coefficient (Wildman–Crippen LogP) is 4.57. The van der Waals surface area contributed by atoms with Crippen LogP contribution >= 0.6 is 15.9 Å². The molecule has 0 spiro atoms. The van der Waals surface area contributed by atoms with Gasteiger partial charge in [0.2, 0.25) is 0 Å². The summed E-state index contributed by atoms with van der Waals surface area (Å²) in [6.45, 7) is 3.67. The smallest absolute Gasteiger partial charge is 0.0476 e. The van der Waals surface area contributed by atoms with Crippen molar-refractivity contribution in [1.29, 1.82) is 0 Å². The van der Waals surface area contributed by atoms with Crippen molar-refractivity contribution in [3.05, 3.63) is 48.0 Å². The van der Waals surface area contributed by atoms with Crippen molar-refractivity contribution in [3.8, 4) is 0 Å². The van der Waals surface area contributed by atoms with Crippen LogP contribution in [0.3, 0.4) is 0 Å². The van der Waals surface area contributed by atoms with Gasteiger partial charge in [-0.15, -0.1) is 0 Å².